The Labute approximate surface area is 208 Å². The van der Waals surface area contributed by atoms with Crippen LogP contribution in [0.1, 0.15) is 62.4 Å². The molecule has 1 aromatic heterocycles. The highest BCUT2D eigenvalue weighted by molar-refractivity contribution is 5.81. The Kier molecular flexibility index (Phi) is 8.56. The van der Waals surface area contributed by atoms with E-state index in [4.69, 9.17) is 4.98 Å². The number of hydrogen-bond donors (Lipinski definition) is 1. The fourth-order valence-corrected chi connectivity index (χ4v) is 5.04. The molecule has 1 fully saturated rings. The largest absolute Gasteiger partial charge is 0.356 e. The molecule has 1 unspecified atom stereocenters. The summed E-state index contributed by atoms with van der Waals surface area (Å²) in [6, 6.07) is 16.4. The lowest BCUT2D eigenvalue weighted by Gasteiger charge is -2.33. The van der Waals surface area contributed by atoms with Crippen LogP contribution in [0.5, 0.6) is 0 Å². The van der Waals surface area contributed by atoms with Crippen molar-refractivity contribution < 1.29 is 9.59 Å². The lowest BCUT2D eigenvalue weighted by Crippen LogP contribution is -2.43. The number of nitrogens with one attached hydrogen (secondary N) is 1. The minimum absolute atomic E-state index is 0.0755. The molecule has 1 aliphatic heterocycles. The summed E-state index contributed by atoms with van der Waals surface area (Å²) in [6.07, 6.45) is 7.56. The van der Waals surface area contributed by atoms with Crippen molar-refractivity contribution in [3.63, 3.8) is 0 Å². The fourth-order valence-electron chi connectivity index (χ4n) is 5.04. The Morgan fingerprint density at radius 1 is 1.03 bits per heavy atom. The van der Waals surface area contributed by atoms with Gasteiger partial charge in [0.2, 0.25) is 11.8 Å². The van der Waals surface area contributed by atoms with Crippen molar-refractivity contribution in [2.75, 3.05) is 13.1 Å². The quantitative estimate of drug-likeness (QED) is 0.429. The Balaban J connectivity index is 1.28. The number of benzene rings is 2. The Morgan fingerprint density at radius 3 is 2.66 bits per heavy atom. The standard InChI is InChI=1S/C29H38N4O2/c1-22-12-5-6-14-24(22)20-28(34)30-18-10-3-4-17-27-31-25-15-7-8-16-26(25)33(27)21-29(35)32-19-11-9-13-23(32)2/h5-8,12,14-16,23H,3-4,9-11,13,17-21H2,1-2H3,(H,30,34). The number of hydrogen-bond acceptors (Lipinski definition) is 3. The first kappa shape index (κ1) is 25.0. The van der Waals surface area contributed by atoms with Crippen LogP contribution in [-0.4, -0.2) is 45.4 Å². The minimum atomic E-state index is 0.0755. The number of aromatic nitrogens is 2. The normalized spacial score (nSPS) is 15.9. The van der Waals surface area contributed by atoms with E-state index in [1.54, 1.807) is 0 Å². The monoisotopic (exact) mass is 474 g/mol. The summed E-state index contributed by atoms with van der Waals surface area (Å²) in [6.45, 7) is 6.10. The molecule has 1 atom stereocenters. The lowest BCUT2D eigenvalue weighted by atomic mass is 10.0. The van der Waals surface area contributed by atoms with Crippen molar-refractivity contribution in [3.8, 4) is 0 Å². The van der Waals surface area contributed by atoms with Crippen LogP contribution in [0, 0.1) is 6.92 Å². The highest BCUT2D eigenvalue weighted by Crippen LogP contribution is 2.21. The Hall–Kier alpha value is -3.15. The molecule has 2 aromatic carbocycles. The first-order valence-corrected chi connectivity index (χ1v) is 13.1. The number of piperidine rings is 1. The van der Waals surface area contributed by atoms with Crippen LogP contribution in [0.4, 0.5) is 0 Å². The molecule has 1 N–H and O–H groups in total. The van der Waals surface area contributed by atoms with Gasteiger partial charge in [0.25, 0.3) is 0 Å². The number of carbonyl (C=O) groups is 2. The van der Waals surface area contributed by atoms with Gasteiger partial charge >= 0.3 is 0 Å². The highest BCUT2D eigenvalue weighted by Gasteiger charge is 2.24. The van der Waals surface area contributed by atoms with Crippen molar-refractivity contribution in [2.24, 2.45) is 0 Å². The van der Waals surface area contributed by atoms with Crippen molar-refractivity contribution >= 4 is 22.8 Å². The van der Waals surface area contributed by atoms with Gasteiger partial charge in [-0.2, -0.15) is 0 Å². The summed E-state index contributed by atoms with van der Waals surface area (Å²) >= 11 is 0. The lowest BCUT2D eigenvalue weighted by molar-refractivity contribution is -0.135. The molecule has 6 heteroatoms. The van der Waals surface area contributed by atoms with E-state index in [0.717, 1.165) is 73.1 Å². The number of amides is 2. The van der Waals surface area contributed by atoms with E-state index in [9.17, 15) is 9.59 Å². The van der Waals surface area contributed by atoms with Gasteiger partial charge in [0.15, 0.2) is 0 Å². The maximum atomic E-state index is 13.1. The molecule has 0 radical (unpaired) electrons. The number of likely N-dealkylation sites (tertiary alicyclic amines) is 1. The summed E-state index contributed by atoms with van der Waals surface area (Å²) in [5.41, 5.74) is 4.21. The van der Waals surface area contributed by atoms with Crippen LogP contribution in [-0.2, 0) is 29.0 Å². The van der Waals surface area contributed by atoms with Gasteiger partial charge in [-0.25, -0.2) is 4.98 Å². The Morgan fingerprint density at radius 2 is 1.83 bits per heavy atom. The van der Waals surface area contributed by atoms with Gasteiger partial charge in [-0.3, -0.25) is 9.59 Å². The number of rotatable bonds is 10. The molecule has 4 rings (SSSR count). The average molecular weight is 475 g/mol. The van der Waals surface area contributed by atoms with E-state index in [-0.39, 0.29) is 11.8 Å². The highest BCUT2D eigenvalue weighted by atomic mass is 16.2. The van der Waals surface area contributed by atoms with E-state index in [1.807, 2.05) is 54.3 Å². The molecule has 2 heterocycles. The number of carbonyl (C=O) groups excluding carboxylic acids is 2. The fraction of sp³-hybridized carbons (Fsp3) is 0.483. The van der Waals surface area contributed by atoms with Crippen LogP contribution in [0.25, 0.3) is 11.0 Å². The van der Waals surface area contributed by atoms with Crippen molar-refractivity contribution in [3.05, 3.63) is 65.5 Å². The zero-order chi connectivity index (χ0) is 24.6. The molecule has 2 amide bonds. The van der Waals surface area contributed by atoms with Gasteiger partial charge in [0, 0.05) is 25.6 Å². The number of imidazole rings is 1. The molecule has 35 heavy (non-hydrogen) atoms. The maximum Gasteiger partial charge on any atom is 0.242 e. The summed E-state index contributed by atoms with van der Waals surface area (Å²) in [7, 11) is 0. The van der Waals surface area contributed by atoms with Gasteiger partial charge in [0.05, 0.1) is 17.5 Å². The molecule has 0 aliphatic carbocycles. The smallest absolute Gasteiger partial charge is 0.242 e. The minimum Gasteiger partial charge on any atom is -0.356 e. The number of fused-ring (bicyclic) bond motifs is 1. The number of aryl methyl sites for hydroxylation is 2. The second kappa shape index (κ2) is 12.0. The second-order valence-corrected chi connectivity index (χ2v) is 9.80. The van der Waals surface area contributed by atoms with E-state index < -0.39 is 0 Å². The number of unbranched alkanes of at least 4 members (excludes halogenated alkanes) is 2. The number of para-hydroxylation sites is 2. The van der Waals surface area contributed by atoms with E-state index in [0.29, 0.717) is 25.6 Å². The molecule has 186 valence electrons. The summed E-state index contributed by atoms with van der Waals surface area (Å²) in [4.78, 5) is 32.3. The SMILES string of the molecule is Cc1ccccc1CC(=O)NCCCCCc1nc2ccccc2n1CC(=O)N1CCCCC1C. The molecule has 0 bridgehead atoms. The summed E-state index contributed by atoms with van der Waals surface area (Å²) < 4.78 is 2.11. The van der Waals surface area contributed by atoms with Crippen LogP contribution >= 0.6 is 0 Å². The first-order chi connectivity index (χ1) is 17.0. The molecule has 0 saturated carbocycles. The third kappa shape index (κ3) is 6.50. The van der Waals surface area contributed by atoms with Gasteiger partial charge in [0.1, 0.15) is 12.4 Å². The van der Waals surface area contributed by atoms with Crippen LogP contribution in [0.2, 0.25) is 0 Å². The van der Waals surface area contributed by atoms with E-state index in [2.05, 4.69) is 22.9 Å². The third-order valence-electron chi connectivity index (χ3n) is 7.16. The van der Waals surface area contributed by atoms with E-state index >= 15 is 0 Å². The topological polar surface area (TPSA) is 67.2 Å². The zero-order valence-electron chi connectivity index (χ0n) is 21.1. The molecule has 3 aromatic rings. The molecule has 1 aliphatic rings. The van der Waals surface area contributed by atoms with Crippen molar-refractivity contribution in [1.29, 1.82) is 0 Å². The predicted octanol–water partition coefficient (Wildman–Crippen LogP) is 4.82. The molecule has 0 spiro atoms. The van der Waals surface area contributed by atoms with Gasteiger partial charge in [-0.1, -0.05) is 42.8 Å². The zero-order valence-corrected chi connectivity index (χ0v) is 21.1. The second-order valence-electron chi connectivity index (χ2n) is 9.80. The maximum absolute atomic E-state index is 13.1. The van der Waals surface area contributed by atoms with Crippen molar-refractivity contribution in [2.45, 2.75) is 77.8 Å². The van der Waals surface area contributed by atoms with E-state index in [1.165, 1.54) is 6.42 Å². The predicted molar refractivity (Wildman–Crippen MR) is 140 cm³/mol. The van der Waals surface area contributed by atoms with Crippen molar-refractivity contribution in [1.82, 2.24) is 19.8 Å². The van der Waals surface area contributed by atoms with Crippen LogP contribution < -0.4 is 5.32 Å². The third-order valence-corrected chi connectivity index (χ3v) is 7.16. The molecular weight excluding hydrogens is 436 g/mol. The number of nitrogens with zero attached hydrogens (tertiary/aromatic N) is 3. The molecule has 1 saturated heterocycles. The van der Waals surface area contributed by atoms with Crippen LogP contribution in [0.3, 0.4) is 0 Å². The van der Waals surface area contributed by atoms with Crippen LogP contribution in [0.15, 0.2) is 48.5 Å². The average Bonchev–Trinajstić information content (AvgIpc) is 3.20. The molecular formula is C29H38N4O2. The van der Waals surface area contributed by atoms with Gasteiger partial charge in [-0.05, 0) is 69.2 Å². The van der Waals surface area contributed by atoms with Gasteiger partial charge < -0.3 is 14.8 Å². The van der Waals surface area contributed by atoms with Gasteiger partial charge in [-0.15, -0.1) is 0 Å². The summed E-state index contributed by atoms with van der Waals surface area (Å²) in [5, 5.41) is 3.05. The first-order valence-electron chi connectivity index (χ1n) is 13.1. The molecule has 6 nitrogen and oxygen atoms in total. The summed E-state index contributed by atoms with van der Waals surface area (Å²) in [5.74, 6) is 1.25. The Bertz CT molecular complexity index is 1150.